The zero-order valence-corrected chi connectivity index (χ0v) is 12.1. The Balaban J connectivity index is 1.93. The summed E-state index contributed by atoms with van der Waals surface area (Å²) in [5, 5.41) is 0. The highest BCUT2D eigenvalue weighted by Gasteiger charge is 2.01. The summed E-state index contributed by atoms with van der Waals surface area (Å²) in [5.41, 5.74) is 7.48. The Kier molecular flexibility index (Phi) is 5.69. The Labute approximate surface area is 125 Å². The van der Waals surface area contributed by atoms with Crippen LogP contribution in [0.3, 0.4) is 0 Å². The van der Waals surface area contributed by atoms with E-state index in [-0.39, 0.29) is 0 Å². The predicted octanol–water partition coefficient (Wildman–Crippen LogP) is 2.63. The van der Waals surface area contributed by atoms with Gasteiger partial charge in [0.15, 0.2) is 0 Å². The van der Waals surface area contributed by atoms with Gasteiger partial charge in [0.2, 0.25) is 0 Å². The van der Waals surface area contributed by atoms with Crippen LogP contribution >= 0.6 is 0 Å². The van der Waals surface area contributed by atoms with Crippen LogP contribution < -0.4 is 15.2 Å². The lowest BCUT2D eigenvalue weighted by molar-refractivity contribution is 0.321. The van der Waals surface area contributed by atoms with E-state index in [1.54, 1.807) is 7.11 Å². The number of rotatable bonds is 5. The van der Waals surface area contributed by atoms with E-state index in [0.717, 1.165) is 23.5 Å². The molecule has 0 bridgehead atoms. The van der Waals surface area contributed by atoms with Crippen molar-refractivity contribution in [1.82, 2.24) is 0 Å². The molecule has 0 aliphatic heterocycles. The van der Waals surface area contributed by atoms with Crippen LogP contribution in [-0.2, 0) is 6.42 Å². The maximum atomic E-state index is 5.82. The van der Waals surface area contributed by atoms with Gasteiger partial charge in [-0.25, -0.2) is 0 Å². The maximum Gasteiger partial charge on any atom is 0.134 e. The Morgan fingerprint density at radius 2 is 1.81 bits per heavy atom. The molecule has 0 amide bonds. The molecule has 0 unspecified atom stereocenters. The lowest BCUT2D eigenvalue weighted by Gasteiger charge is -2.08. The number of para-hydroxylation sites is 1. The number of nitrogens with two attached hydrogens (primary N) is 1. The second-order valence-electron chi connectivity index (χ2n) is 4.45. The van der Waals surface area contributed by atoms with Gasteiger partial charge in [-0.1, -0.05) is 36.1 Å². The molecule has 0 fully saturated rings. The molecule has 2 rings (SSSR count). The summed E-state index contributed by atoms with van der Waals surface area (Å²) >= 11 is 0. The Morgan fingerprint density at radius 1 is 1.05 bits per heavy atom. The predicted molar refractivity (Wildman–Crippen MR) is 84.6 cm³/mol. The summed E-state index contributed by atoms with van der Waals surface area (Å²) in [4.78, 5) is 0. The van der Waals surface area contributed by atoms with Gasteiger partial charge in [-0.3, -0.25) is 0 Å². The van der Waals surface area contributed by atoms with Gasteiger partial charge in [-0.15, -0.1) is 0 Å². The average Bonchev–Trinajstić information content (AvgIpc) is 2.54. The number of hydrogen-bond acceptors (Lipinski definition) is 3. The van der Waals surface area contributed by atoms with Gasteiger partial charge < -0.3 is 15.2 Å². The molecule has 0 saturated carbocycles. The summed E-state index contributed by atoms with van der Waals surface area (Å²) in [6, 6.07) is 15.7. The van der Waals surface area contributed by atoms with Crippen molar-refractivity contribution in [3.05, 3.63) is 59.7 Å². The van der Waals surface area contributed by atoms with Crippen LogP contribution in [0.1, 0.15) is 11.1 Å². The zero-order chi connectivity index (χ0) is 14.9. The van der Waals surface area contributed by atoms with Gasteiger partial charge in [0.25, 0.3) is 0 Å². The van der Waals surface area contributed by atoms with Crippen LogP contribution in [0.5, 0.6) is 11.5 Å². The van der Waals surface area contributed by atoms with Crippen LogP contribution in [-0.4, -0.2) is 20.3 Å². The van der Waals surface area contributed by atoms with Gasteiger partial charge in [0.1, 0.15) is 11.5 Å². The van der Waals surface area contributed by atoms with Crippen molar-refractivity contribution in [2.75, 3.05) is 20.3 Å². The SMILES string of the molecule is COc1ccc(CCOc2ccccc2C#CCN)cc1. The highest BCUT2D eigenvalue weighted by Crippen LogP contribution is 2.17. The van der Waals surface area contributed by atoms with E-state index in [9.17, 15) is 0 Å². The fourth-order valence-electron chi connectivity index (χ4n) is 1.91. The first-order valence-electron chi connectivity index (χ1n) is 6.87. The Bertz CT molecular complexity index is 624. The molecule has 0 spiro atoms. The summed E-state index contributed by atoms with van der Waals surface area (Å²) in [6.07, 6.45) is 0.836. The van der Waals surface area contributed by atoms with E-state index in [1.165, 1.54) is 5.56 Å². The van der Waals surface area contributed by atoms with Crippen molar-refractivity contribution in [2.24, 2.45) is 5.73 Å². The van der Waals surface area contributed by atoms with Gasteiger partial charge in [-0.05, 0) is 29.8 Å². The standard InChI is InChI=1S/C18H19NO2/c1-20-17-10-8-15(9-11-17)12-14-21-18-7-3-2-5-16(18)6-4-13-19/h2-3,5,7-11H,12-14,19H2,1H3. The number of ether oxygens (including phenoxy) is 2. The van der Waals surface area contributed by atoms with E-state index in [2.05, 4.69) is 11.8 Å². The molecule has 2 aromatic carbocycles. The molecular weight excluding hydrogens is 262 g/mol. The Hall–Kier alpha value is -2.44. The fourth-order valence-corrected chi connectivity index (χ4v) is 1.91. The van der Waals surface area contributed by atoms with Gasteiger partial charge in [0.05, 0.1) is 25.8 Å². The van der Waals surface area contributed by atoms with Crippen molar-refractivity contribution < 1.29 is 9.47 Å². The molecule has 21 heavy (non-hydrogen) atoms. The molecule has 3 nitrogen and oxygen atoms in total. The smallest absolute Gasteiger partial charge is 0.134 e. The molecule has 0 saturated heterocycles. The highest BCUT2D eigenvalue weighted by atomic mass is 16.5. The minimum atomic E-state index is 0.347. The van der Waals surface area contributed by atoms with E-state index in [1.807, 2.05) is 48.5 Å². The monoisotopic (exact) mass is 281 g/mol. The molecule has 108 valence electrons. The molecule has 3 heteroatoms. The molecule has 0 radical (unpaired) electrons. The summed E-state index contributed by atoms with van der Waals surface area (Å²) < 4.78 is 11.0. The van der Waals surface area contributed by atoms with Crippen LogP contribution in [0.4, 0.5) is 0 Å². The van der Waals surface area contributed by atoms with Gasteiger partial charge >= 0.3 is 0 Å². The first kappa shape index (κ1) is 15.0. The van der Waals surface area contributed by atoms with Crippen molar-refractivity contribution in [2.45, 2.75) is 6.42 Å². The molecule has 0 aliphatic carbocycles. The van der Waals surface area contributed by atoms with Crippen molar-refractivity contribution in [3.8, 4) is 23.3 Å². The van der Waals surface area contributed by atoms with E-state index >= 15 is 0 Å². The van der Waals surface area contributed by atoms with Gasteiger partial charge in [0, 0.05) is 6.42 Å². The summed E-state index contributed by atoms with van der Waals surface area (Å²) in [5.74, 6) is 7.53. The second-order valence-corrected chi connectivity index (χ2v) is 4.45. The third kappa shape index (κ3) is 4.55. The molecule has 0 atom stereocenters. The van der Waals surface area contributed by atoms with E-state index in [4.69, 9.17) is 15.2 Å². The minimum Gasteiger partial charge on any atom is -0.497 e. The molecule has 0 heterocycles. The maximum absolute atomic E-state index is 5.82. The highest BCUT2D eigenvalue weighted by molar-refractivity contribution is 5.46. The zero-order valence-electron chi connectivity index (χ0n) is 12.1. The minimum absolute atomic E-state index is 0.347. The lowest BCUT2D eigenvalue weighted by Crippen LogP contribution is -2.02. The van der Waals surface area contributed by atoms with Crippen molar-refractivity contribution in [1.29, 1.82) is 0 Å². The molecule has 2 aromatic rings. The largest absolute Gasteiger partial charge is 0.497 e. The van der Waals surface area contributed by atoms with Crippen LogP contribution in [0, 0.1) is 11.8 Å². The van der Waals surface area contributed by atoms with Crippen LogP contribution in [0.2, 0.25) is 0 Å². The molecular formula is C18H19NO2. The Morgan fingerprint density at radius 3 is 2.52 bits per heavy atom. The van der Waals surface area contributed by atoms with Crippen LogP contribution in [0.25, 0.3) is 0 Å². The van der Waals surface area contributed by atoms with Gasteiger partial charge in [-0.2, -0.15) is 0 Å². The first-order chi connectivity index (χ1) is 10.3. The number of methoxy groups -OCH3 is 1. The third-order valence-corrected chi connectivity index (χ3v) is 3.02. The lowest BCUT2D eigenvalue weighted by atomic mass is 10.1. The quantitative estimate of drug-likeness (QED) is 0.857. The molecule has 0 aromatic heterocycles. The van der Waals surface area contributed by atoms with Crippen LogP contribution in [0.15, 0.2) is 48.5 Å². The molecule has 2 N–H and O–H groups in total. The number of hydrogen-bond donors (Lipinski definition) is 1. The van der Waals surface area contributed by atoms with Crippen molar-refractivity contribution in [3.63, 3.8) is 0 Å². The normalized spacial score (nSPS) is 9.62. The average molecular weight is 281 g/mol. The van der Waals surface area contributed by atoms with Crippen molar-refractivity contribution >= 4 is 0 Å². The third-order valence-electron chi connectivity index (χ3n) is 3.02. The van der Waals surface area contributed by atoms with E-state index < -0.39 is 0 Å². The van der Waals surface area contributed by atoms with E-state index in [0.29, 0.717) is 13.2 Å². The number of benzene rings is 2. The molecule has 0 aliphatic rings. The first-order valence-corrected chi connectivity index (χ1v) is 6.87. The summed E-state index contributed by atoms with van der Waals surface area (Å²) in [7, 11) is 1.66. The second kappa shape index (κ2) is 7.98. The topological polar surface area (TPSA) is 44.5 Å². The fraction of sp³-hybridized carbons (Fsp3) is 0.222. The summed E-state index contributed by atoms with van der Waals surface area (Å²) in [6.45, 7) is 0.952.